The molecule has 1 fully saturated rings. The van der Waals surface area contributed by atoms with Crippen molar-refractivity contribution in [1.29, 1.82) is 0 Å². The molecule has 0 bridgehead atoms. The minimum absolute atomic E-state index is 0.0504. The van der Waals surface area contributed by atoms with Crippen molar-refractivity contribution in [3.63, 3.8) is 0 Å². The molecule has 1 aromatic heterocycles. The van der Waals surface area contributed by atoms with Crippen molar-refractivity contribution in [1.82, 2.24) is 4.98 Å². The Balaban J connectivity index is 2.07. The number of rotatable bonds is 4. The Bertz CT molecular complexity index is 368. The maximum absolute atomic E-state index is 6.44. The van der Waals surface area contributed by atoms with E-state index < -0.39 is 0 Å². The average Bonchev–Trinajstić information content (AvgIpc) is 2.39. The van der Waals surface area contributed by atoms with Gasteiger partial charge < -0.3 is 10.5 Å². The van der Waals surface area contributed by atoms with Gasteiger partial charge in [-0.1, -0.05) is 25.8 Å². The van der Waals surface area contributed by atoms with E-state index in [-0.39, 0.29) is 11.6 Å². The van der Waals surface area contributed by atoms with Crippen molar-refractivity contribution in [3.8, 4) is 0 Å². The Kier molecular flexibility index (Phi) is 4.36. The van der Waals surface area contributed by atoms with Crippen molar-refractivity contribution in [2.75, 3.05) is 7.11 Å². The quantitative estimate of drug-likeness (QED) is 0.890. The van der Waals surface area contributed by atoms with E-state index in [4.69, 9.17) is 10.5 Å². The molecule has 0 spiro atoms. The monoisotopic (exact) mass is 248 g/mol. The van der Waals surface area contributed by atoms with Gasteiger partial charge in [0.25, 0.3) is 0 Å². The molecule has 0 radical (unpaired) electrons. The number of methoxy groups -OCH3 is 1. The molecule has 3 heteroatoms. The number of pyridine rings is 1. The van der Waals surface area contributed by atoms with Crippen LogP contribution in [-0.4, -0.2) is 23.7 Å². The smallest absolute Gasteiger partial charge is 0.0834 e. The van der Waals surface area contributed by atoms with Crippen LogP contribution in [0.4, 0.5) is 0 Å². The van der Waals surface area contributed by atoms with E-state index in [0.717, 1.165) is 19.3 Å². The fraction of sp³-hybridized carbons (Fsp3) is 0.667. The van der Waals surface area contributed by atoms with E-state index >= 15 is 0 Å². The molecule has 1 aromatic rings. The van der Waals surface area contributed by atoms with Gasteiger partial charge in [-0.2, -0.15) is 0 Å². The molecule has 1 aliphatic carbocycles. The number of hydrogen-bond acceptors (Lipinski definition) is 3. The molecule has 0 aliphatic heterocycles. The highest BCUT2D eigenvalue weighted by Crippen LogP contribution is 2.37. The van der Waals surface area contributed by atoms with Gasteiger partial charge in [0.15, 0.2) is 0 Å². The Morgan fingerprint density at radius 1 is 1.61 bits per heavy atom. The van der Waals surface area contributed by atoms with Crippen molar-refractivity contribution in [2.45, 2.75) is 50.7 Å². The zero-order valence-corrected chi connectivity index (χ0v) is 11.4. The maximum atomic E-state index is 6.44. The second kappa shape index (κ2) is 5.81. The van der Waals surface area contributed by atoms with Gasteiger partial charge in [-0.25, -0.2) is 0 Å². The summed E-state index contributed by atoms with van der Waals surface area (Å²) in [5.74, 6) is 0.707. The molecular weight excluding hydrogens is 224 g/mol. The summed E-state index contributed by atoms with van der Waals surface area (Å²) in [4.78, 5) is 4.15. The van der Waals surface area contributed by atoms with E-state index in [2.05, 4.69) is 18.0 Å². The van der Waals surface area contributed by atoms with Crippen LogP contribution < -0.4 is 5.73 Å². The molecule has 0 aromatic carbocycles. The van der Waals surface area contributed by atoms with Gasteiger partial charge in [0, 0.05) is 25.5 Å². The Morgan fingerprint density at radius 3 is 3.06 bits per heavy atom. The summed E-state index contributed by atoms with van der Waals surface area (Å²) in [6.45, 7) is 2.30. The Hall–Kier alpha value is -0.930. The van der Waals surface area contributed by atoms with Gasteiger partial charge in [0.05, 0.1) is 5.60 Å². The third kappa shape index (κ3) is 2.90. The molecule has 0 amide bonds. The first kappa shape index (κ1) is 13.5. The highest BCUT2D eigenvalue weighted by molar-refractivity contribution is 5.12. The second-order valence-electron chi connectivity index (χ2n) is 5.64. The number of nitrogens with zero attached hydrogens (tertiary/aromatic N) is 1. The zero-order valence-electron chi connectivity index (χ0n) is 11.4. The van der Waals surface area contributed by atoms with Gasteiger partial charge in [0.1, 0.15) is 0 Å². The van der Waals surface area contributed by atoms with Gasteiger partial charge >= 0.3 is 0 Å². The lowest BCUT2D eigenvalue weighted by Crippen LogP contribution is -2.53. The molecule has 2 rings (SSSR count). The summed E-state index contributed by atoms with van der Waals surface area (Å²) >= 11 is 0. The summed E-state index contributed by atoms with van der Waals surface area (Å²) in [7, 11) is 1.81. The second-order valence-corrected chi connectivity index (χ2v) is 5.64. The van der Waals surface area contributed by atoms with Crippen molar-refractivity contribution < 1.29 is 4.74 Å². The van der Waals surface area contributed by atoms with Crippen LogP contribution in [0.25, 0.3) is 0 Å². The summed E-state index contributed by atoms with van der Waals surface area (Å²) in [5.41, 5.74) is 7.48. The van der Waals surface area contributed by atoms with Crippen molar-refractivity contribution in [2.24, 2.45) is 11.7 Å². The van der Waals surface area contributed by atoms with Crippen LogP contribution in [0.5, 0.6) is 0 Å². The van der Waals surface area contributed by atoms with E-state index in [1.807, 2.05) is 12.3 Å². The van der Waals surface area contributed by atoms with Crippen molar-refractivity contribution in [3.05, 3.63) is 30.1 Å². The number of aromatic nitrogens is 1. The number of ether oxygens (including phenoxy) is 1. The van der Waals surface area contributed by atoms with Gasteiger partial charge in [0.2, 0.25) is 0 Å². The molecule has 2 N–H and O–H groups in total. The first-order valence-electron chi connectivity index (χ1n) is 6.86. The van der Waals surface area contributed by atoms with E-state index in [9.17, 15) is 0 Å². The van der Waals surface area contributed by atoms with Crippen molar-refractivity contribution >= 4 is 0 Å². The molecular formula is C15H24N2O. The van der Waals surface area contributed by atoms with Crippen LogP contribution in [0.2, 0.25) is 0 Å². The van der Waals surface area contributed by atoms with Crippen LogP contribution in [-0.2, 0) is 11.2 Å². The van der Waals surface area contributed by atoms with E-state index in [1.165, 1.54) is 18.4 Å². The highest BCUT2D eigenvalue weighted by atomic mass is 16.5. The van der Waals surface area contributed by atoms with Crippen LogP contribution >= 0.6 is 0 Å². The third-order valence-corrected chi connectivity index (χ3v) is 4.25. The first-order chi connectivity index (χ1) is 8.66. The molecule has 100 valence electrons. The molecule has 3 nitrogen and oxygen atoms in total. The number of hydrogen-bond donors (Lipinski definition) is 1. The van der Waals surface area contributed by atoms with Crippen LogP contribution in [0.3, 0.4) is 0 Å². The molecule has 0 saturated heterocycles. The lowest BCUT2D eigenvalue weighted by Gasteiger charge is -2.43. The summed E-state index contributed by atoms with van der Waals surface area (Å²) in [6, 6.07) is 4.10. The molecule has 1 saturated carbocycles. The normalized spacial score (nSPS) is 30.1. The minimum Gasteiger partial charge on any atom is -0.377 e. The standard InChI is InChI=1S/C15H24N2O/c1-12-5-3-7-15(10-12,18-2)14(16)9-13-6-4-8-17-11-13/h4,6,8,11-12,14H,3,5,7,9-10,16H2,1-2H3. The van der Waals surface area contributed by atoms with Crippen LogP contribution in [0, 0.1) is 5.92 Å². The summed E-state index contributed by atoms with van der Waals surface area (Å²) in [5, 5.41) is 0. The molecule has 1 aliphatic rings. The van der Waals surface area contributed by atoms with Gasteiger partial charge in [-0.3, -0.25) is 4.98 Å². The average molecular weight is 248 g/mol. The lowest BCUT2D eigenvalue weighted by atomic mass is 9.73. The van der Waals surface area contributed by atoms with E-state index in [1.54, 1.807) is 13.3 Å². The third-order valence-electron chi connectivity index (χ3n) is 4.25. The number of nitrogens with two attached hydrogens (primary N) is 1. The topological polar surface area (TPSA) is 48.1 Å². The van der Waals surface area contributed by atoms with Crippen LogP contribution in [0.1, 0.15) is 38.2 Å². The Morgan fingerprint density at radius 2 is 2.44 bits per heavy atom. The van der Waals surface area contributed by atoms with E-state index in [0.29, 0.717) is 5.92 Å². The Labute approximate surface area is 110 Å². The molecule has 1 heterocycles. The summed E-state index contributed by atoms with van der Waals surface area (Å²) < 4.78 is 5.84. The predicted octanol–water partition coefficient (Wildman–Crippen LogP) is 2.55. The molecule has 3 unspecified atom stereocenters. The largest absolute Gasteiger partial charge is 0.377 e. The van der Waals surface area contributed by atoms with Gasteiger partial charge in [-0.05, 0) is 36.8 Å². The summed E-state index contributed by atoms with van der Waals surface area (Å²) in [6.07, 6.45) is 9.20. The van der Waals surface area contributed by atoms with Crippen LogP contribution in [0.15, 0.2) is 24.5 Å². The minimum atomic E-state index is -0.145. The lowest BCUT2D eigenvalue weighted by molar-refractivity contribution is -0.0705. The molecule has 18 heavy (non-hydrogen) atoms. The fourth-order valence-electron chi connectivity index (χ4n) is 3.18. The van der Waals surface area contributed by atoms with Gasteiger partial charge in [-0.15, -0.1) is 0 Å². The first-order valence-corrected chi connectivity index (χ1v) is 6.86. The predicted molar refractivity (Wildman–Crippen MR) is 73.3 cm³/mol. The maximum Gasteiger partial charge on any atom is 0.0834 e. The SMILES string of the molecule is COC1(C(N)Cc2cccnc2)CCCC(C)C1. The fourth-order valence-corrected chi connectivity index (χ4v) is 3.18. The zero-order chi connectivity index (χ0) is 13.0. The highest BCUT2D eigenvalue weighted by Gasteiger charge is 2.40. The molecule has 3 atom stereocenters.